The number of aryl methyl sites for hydroxylation is 1. The van der Waals surface area contributed by atoms with Gasteiger partial charge >= 0.3 is 5.97 Å². The smallest absolute Gasteiger partial charge is 0.309 e. The van der Waals surface area contributed by atoms with Gasteiger partial charge in [-0.25, -0.2) is 0 Å². The lowest BCUT2D eigenvalue weighted by Crippen LogP contribution is -2.33. The van der Waals surface area contributed by atoms with E-state index in [0.29, 0.717) is 12.6 Å². The summed E-state index contributed by atoms with van der Waals surface area (Å²) < 4.78 is 9.93. The first-order valence-corrected chi connectivity index (χ1v) is 5.97. The predicted octanol–water partition coefficient (Wildman–Crippen LogP) is 2.00. The topological polar surface area (TPSA) is 51.5 Å². The number of methoxy groups -OCH3 is 1. The Kier molecular flexibility index (Phi) is 5.77. The molecule has 4 nitrogen and oxygen atoms in total. The van der Waals surface area contributed by atoms with Crippen LogP contribution < -0.4 is 5.32 Å². The molecule has 0 saturated carbocycles. The first-order valence-electron chi connectivity index (χ1n) is 5.97. The third-order valence-corrected chi connectivity index (χ3v) is 2.78. The molecule has 0 aromatic carbocycles. The van der Waals surface area contributed by atoms with E-state index in [-0.39, 0.29) is 11.9 Å². The molecule has 1 aromatic heterocycles. The highest BCUT2D eigenvalue weighted by Gasteiger charge is 2.13. The van der Waals surface area contributed by atoms with Gasteiger partial charge in [0, 0.05) is 19.0 Å². The Labute approximate surface area is 102 Å². The van der Waals surface area contributed by atoms with Gasteiger partial charge in [0.05, 0.1) is 19.3 Å². The highest BCUT2D eigenvalue weighted by molar-refractivity contribution is 5.72. The Bertz CT molecular complexity index is 321. The number of furan rings is 1. The van der Waals surface area contributed by atoms with Crippen LogP contribution in [0.2, 0.25) is 0 Å². The molecule has 0 fully saturated rings. The minimum absolute atomic E-state index is 0.105. The maximum Gasteiger partial charge on any atom is 0.309 e. The minimum atomic E-state index is -0.171. The van der Waals surface area contributed by atoms with Gasteiger partial charge in [-0.1, -0.05) is 6.92 Å². The number of rotatable bonds is 7. The molecule has 0 aliphatic heterocycles. The number of carbonyl (C=O) groups is 1. The fraction of sp³-hybridized carbons (Fsp3) is 0.615. The highest BCUT2D eigenvalue weighted by atomic mass is 16.5. The summed E-state index contributed by atoms with van der Waals surface area (Å²) in [4.78, 5) is 11.2. The van der Waals surface area contributed by atoms with Gasteiger partial charge in [0.2, 0.25) is 0 Å². The second kappa shape index (κ2) is 7.12. The lowest BCUT2D eigenvalue weighted by molar-refractivity contribution is -0.144. The van der Waals surface area contributed by atoms with Gasteiger partial charge in [0.25, 0.3) is 0 Å². The van der Waals surface area contributed by atoms with Gasteiger partial charge in [0.1, 0.15) is 5.76 Å². The van der Waals surface area contributed by atoms with Crippen LogP contribution in [0.25, 0.3) is 0 Å². The normalized spacial score (nSPS) is 14.3. The van der Waals surface area contributed by atoms with Gasteiger partial charge in [-0.15, -0.1) is 0 Å². The maximum atomic E-state index is 11.2. The Morgan fingerprint density at radius 1 is 1.53 bits per heavy atom. The van der Waals surface area contributed by atoms with Crippen molar-refractivity contribution in [2.45, 2.75) is 32.7 Å². The van der Waals surface area contributed by atoms with Gasteiger partial charge in [-0.3, -0.25) is 4.79 Å². The summed E-state index contributed by atoms with van der Waals surface area (Å²) >= 11 is 0. The SMILES string of the molecule is COC(=O)C(C)CNC(C)CCc1ccco1. The third kappa shape index (κ3) is 5.04. The van der Waals surface area contributed by atoms with Crippen LogP contribution in [0.5, 0.6) is 0 Å². The molecule has 2 atom stereocenters. The fourth-order valence-electron chi connectivity index (χ4n) is 1.58. The van der Waals surface area contributed by atoms with Crippen LogP contribution >= 0.6 is 0 Å². The van der Waals surface area contributed by atoms with Crippen LogP contribution in [0.15, 0.2) is 22.8 Å². The molecule has 1 heterocycles. The average molecular weight is 239 g/mol. The Hall–Kier alpha value is -1.29. The molecule has 1 N–H and O–H groups in total. The quantitative estimate of drug-likeness (QED) is 0.739. The average Bonchev–Trinajstić information content (AvgIpc) is 2.85. The van der Waals surface area contributed by atoms with Crippen molar-refractivity contribution < 1.29 is 13.9 Å². The van der Waals surface area contributed by atoms with Crippen LogP contribution in [0.1, 0.15) is 26.0 Å². The van der Waals surface area contributed by atoms with E-state index >= 15 is 0 Å². The van der Waals surface area contributed by atoms with E-state index in [9.17, 15) is 4.79 Å². The first-order chi connectivity index (χ1) is 8.13. The van der Waals surface area contributed by atoms with Crippen molar-refractivity contribution in [1.82, 2.24) is 5.32 Å². The summed E-state index contributed by atoms with van der Waals surface area (Å²) in [7, 11) is 1.42. The standard InChI is InChI=1S/C13H21NO3/c1-10(13(15)16-3)9-14-11(2)6-7-12-5-4-8-17-12/h4-5,8,10-11,14H,6-7,9H2,1-3H3. The van der Waals surface area contributed by atoms with E-state index in [4.69, 9.17) is 4.42 Å². The maximum absolute atomic E-state index is 11.2. The second-order valence-corrected chi connectivity index (χ2v) is 4.35. The zero-order chi connectivity index (χ0) is 12.7. The summed E-state index contributed by atoms with van der Waals surface area (Å²) in [6.45, 7) is 4.61. The van der Waals surface area contributed by atoms with Crippen LogP contribution in [-0.2, 0) is 16.0 Å². The molecule has 1 rings (SSSR count). The zero-order valence-corrected chi connectivity index (χ0v) is 10.7. The Morgan fingerprint density at radius 3 is 2.88 bits per heavy atom. The summed E-state index contributed by atoms with van der Waals surface area (Å²) in [6.07, 6.45) is 3.59. The molecule has 0 aliphatic rings. The van der Waals surface area contributed by atoms with Crippen LogP contribution in [-0.4, -0.2) is 25.7 Å². The van der Waals surface area contributed by atoms with Crippen molar-refractivity contribution >= 4 is 5.97 Å². The van der Waals surface area contributed by atoms with Crippen LogP contribution in [0.4, 0.5) is 0 Å². The van der Waals surface area contributed by atoms with E-state index in [2.05, 4.69) is 17.0 Å². The number of carbonyl (C=O) groups excluding carboxylic acids is 1. The molecule has 0 spiro atoms. The molecule has 96 valence electrons. The number of hydrogen-bond donors (Lipinski definition) is 1. The number of esters is 1. The van der Waals surface area contributed by atoms with Crippen LogP contribution in [0.3, 0.4) is 0 Å². The van der Waals surface area contributed by atoms with Gasteiger partial charge < -0.3 is 14.5 Å². The van der Waals surface area contributed by atoms with E-state index in [1.807, 2.05) is 19.1 Å². The number of ether oxygens (including phenoxy) is 1. The van der Waals surface area contributed by atoms with Gasteiger partial charge in [-0.2, -0.15) is 0 Å². The molecule has 0 bridgehead atoms. The van der Waals surface area contributed by atoms with E-state index in [0.717, 1.165) is 18.6 Å². The molecule has 4 heteroatoms. The van der Waals surface area contributed by atoms with Crippen LogP contribution in [0, 0.1) is 5.92 Å². The van der Waals surface area contributed by atoms with E-state index in [1.165, 1.54) is 7.11 Å². The molecule has 17 heavy (non-hydrogen) atoms. The highest BCUT2D eigenvalue weighted by Crippen LogP contribution is 2.06. The molecule has 0 amide bonds. The molecule has 0 saturated heterocycles. The summed E-state index contributed by atoms with van der Waals surface area (Å²) in [6, 6.07) is 4.23. The van der Waals surface area contributed by atoms with Crippen molar-refractivity contribution in [2.75, 3.05) is 13.7 Å². The molecule has 0 radical (unpaired) electrons. The lowest BCUT2D eigenvalue weighted by Gasteiger charge is -2.15. The van der Waals surface area contributed by atoms with Crippen molar-refractivity contribution in [3.63, 3.8) is 0 Å². The van der Waals surface area contributed by atoms with Crippen molar-refractivity contribution in [1.29, 1.82) is 0 Å². The minimum Gasteiger partial charge on any atom is -0.469 e. The van der Waals surface area contributed by atoms with Gasteiger partial charge in [-0.05, 0) is 25.5 Å². The molecule has 1 aromatic rings. The lowest BCUT2D eigenvalue weighted by atomic mass is 10.1. The third-order valence-electron chi connectivity index (χ3n) is 2.78. The monoisotopic (exact) mass is 239 g/mol. The second-order valence-electron chi connectivity index (χ2n) is 4.35. The Balaban J connectivity index is 2.17. The van der Waals surface area contributed by atoms with Gasteiger partial charge in [0.15, 0.2) is 0 Å². The van der Waals surface area contributed by atoms with Crippen molar-refractivity contribution in [2.24, 2.45) is 5.92 Å². The largest absolute Gasteiger partial charge is 0.469 e. The zero-order valence-electron chi connectivity index (χ0n) is 10.7. The van der Waals surface area contributed by atoms with E-state index in [1.54, 1.807) is 6.26 Å². The summed E-state index contributed by atoms with van der Waals surface area (Å²) in [5, 5.41) is 3.32. The molecule has 2 unspecified atom stereocenters. The Morgan fingerprint density at radius 2 is 2.29 bits per heavy atom. The first kappa shape index (κ1) is 13.8. The predicted molar refractivity (Wildman–Crippen MR) is 65.7 cm³/mol. The summed E-state index contributed by atoms with van der Waals surface area (Å²) in [5.41, 5.74) is 0. The number of hydrogen-bond acceptors (Lipinski definition) is 4. The number of nitrogens with one attached hydrogen (secondary N) is 1. The molecule has 0 aliphatic carbocycles. The molecular formula is C13H21NO3. The van der Waals surface area contributed by atoms with E-state index < -0.39 is 0 Å². The summed E-state index contributed by atoms with van der Waals surface area (Å²) in [5.74, 6) is 0.724. The molecular weight excluding hydrogens is 218 g/mol. The van der Waals surface area contributed by atoms with Crippen molar-refractivity contribution in [3.05, 3.63) is 24.2 Å². The van der Waals surface area contributed by atoms with Crippen molar-refractivity contribution in [3.8, 4) is 0 Å². The fourth-order valence-corrected chi connectivity index (χ4v) is 1.58.